The van der Waals surface area contributed by atoms with Crippen molar-refractivity contribution in [2.24, 2.45) is 17.6 Å². The quantitative estimate of drug-likeness (QED) is 0.664. The van der Waals surface area contributed by atoms with Crippen LogP contribution in [0.3, 0.4) is 0 Å². The topological polar surface area (TPSA) is 89.5 Å². The molecule has 2 rings (SSSR count). The summed E-state index contributed by atoms with van der Waals surface area (Å²) in [6.07, 6.45) is 2.88. The maximum Gasteiger partial charge on any atom is 0.274 e. The first-order chi connectivity index (χ1) is 10.0. The summed E-state index contributed by atoms with van der Waals surface area (Å²) in [5, 5.41) is 11.0. The Hall–Kier alpha value is -1.66. The van der Waals surface area contributed by atoms with Crippen molar-refractivity contribution in [2.45, 2.75) is 25.8 Å². The third-order valence-corrected chi connectivity index (χ3v) is 4.25. The normalized spacial score (nSPS) is 20.3. The first-order valence-electron chi connectivity index (χ1n) is 7.22. The Morgan fingerprint density at radius 3 is 2.73 bits per heavy atom. The number of nitrogens with zero attached hydrogens (tertiary/aromatic N) is 2. The van der Waals surface area contributed by atoms with Crippen molar-refractivity contribution in [1.82, 2.24) is 4.90 Å². The van der Waals surface area contributed by atoms with Crippen molar-refractivity contribution in [1.29, 1.82) is 0 Å². The Balaban J connectivity index is 0.00000242. The molecule has 2 N–H and O–H groups in total. The summed E-state index contributed by atoms with van der Waals surface area (Å²) in [6, 6.07) is 6.53. The molecule has 122 valence electrons. The average Bonchev–Trinajstić information content (AvgIpc) is 2.95. The van der Waals surface area contributed by atoms with Crippen LogP contribution in [-0.4, -0.2) is 29.3 Å². The van der Waals surface area contributed by atoms with E-state index >= 15 is 0 Å². The number of benzene rings is 1. The first-order valence-corrected chi connectivity index (χ1v) is 7.22. The zero-order valence-electron chi connectivity index (χ0n) is 12.6. The second-order valence-electron chi connectivity index (χ2n) is 5.61. The molecule has 0 aromatic heterocycles. The van der Waals surface area contributed by atoms with Gasteiger partial charge in [-0.05, 0) is 25.3 Å². The lowest BCUT2D eigenvalue weighted by Crippen LogP contribution is -2.36. The van der Waals surface area contributed by atoms with E-state index in [-0.39, 0.29) is 42.4 Å². The third kappa shape index (κ3) is 3.96. The smallest absolute Gasteiger partial charge is 0.274 e. The molecule has 0 radical (unpaired) electrons. The summed E-state index contributed by atoms with van der Waals surface area (Å²) in [5.41, 5.74) is 6.33. The summed E-state index contributed by atoms with van der Waals surface area (Å²) in [6.45, 7) is 0.777. The van der Waals surface area contributed by atoms with Crippen LogP contribution in [0.25, 0.3) is 0 Å². The molecule has 0 saturated heterocycles. The number of carbonyl (C=O) groups is 1. The Morgan fingerprint density at radius 2 is 2.09 bits per heavy atom. The maximum absolute atomic E-state index is 12.5. The number of hydrogen-bond donors (Lipinski definition) is 1. The summed E-state index contributed by atoms with van der Waals surface area (Å²) in [7, 11) is 1.70. The van der Waals surface area contributed by atoms with E-state index in [1.165, 1.54) is 6.07 Å². The number of hydrogen-bond acceptors (Lipinski definition) is 4. The summed E-state index contributed by atoms with van der Waals surface area (Å²) < 4.78 is 0. The van der Waals surface area contributed by atoms with E-state index in [0.29, 0.717) is 12.1 Å². The van der Waals surface area contributed by atoms with Crippen LogP contribution < -0.4 is 5.73 Å². The number of nitrogens with two attached hydrogens (primary N) is 1. The van der Waals surface area contributed by atoms with E-state index in [1.807, 2.05) is 0 Å². The minimum Gasteiger partial charge on any atom is -0.341 e. The zero-order valence-corrected chi connectivity index (χ0v) is 13.4. The number of halogens is 1. The predicted octanol–water partition coefficient (Wildman–Crippen LogP) is 2.35. The van der Waals surface area contributed by atoms with Crippen LogP contribution in [0, 0.1) is 22.0 Å². The highest BCUT2D eigenvalue weighted by Gasteiger charge is 2.34. The number of rotatable bonds is 5. The van der Waals surface area contributed by atoms with Crippen molar-refractivity contribution < 1.29 is 9.72 Å². The molecular formula is C15H22ClN3O3. The molecule has 0 heterocycles. The monoisotopic (exact) mass is 327 g/mol. The standard InChI is InChI=1S/C15H21N3O3.ClH/c1-17(15(19)13-7-4-6-11(13)9-16)10-12-5-2-3-8-14(12)18(20)21;/h2-3,5,8,11,13H,4,6-7,9-10,16H2,1H3;1H/t11-,13-;/m1./s1. The van der Waals surface area contributed by atoms with Crippen LogP contribution in [0.2, 0.25) is 0 Å². The molecule has 7 heteroatoms. The van der Waals surface area contributed by atoms with Crippen molar-refractivity contribution >= 4 is 24.0 Å². The van der Waals surface area contributed by atoms with E-state index in [4.69, 9.17) is 5.73 Å². The van der Waals surface area contributed by atoms with Gasteiger partial charge in [-0.1, -0.05) is 24.6 Å². The number of nitro benzene ring substituents is 1. The molecule has 1 aliphatic rings. The van der Waals surface area contributed by atoms with E-state index in [2.05, 4.69) is 0 Å². The molecule has 1 aliphatic carbocycles. The van der Waals surface area contributed by atoms with Gasteiger partial charge in [-0.2, -0.15) is 0 Å². The molecule has 1 aromatic rings. The largest absolute Gasteiger partial charge is 0.341 e. The molecule has 1 amide bonds. The molecule has 1 fully saturated rings. The number of para-hydroxylation sites is 1. The Labute approximate surface area is 136 Å². The second-order valence-corrected chi connectivity index (χ2v) is 5.61. The van der Waals surface area contributed by atoms with Gasteiger partial charge < -0.3 is 10.6 Å². The van der Waals surface area contributed by atoms with E-state index in [1.54, 1.807) is 30.1 Å². The second kappa shape index (κ2) is 8.10. The third-order valence-electron chi connectivity index (χ3n) is 4.25. The van der Waals surface area contributed by atoms with Crippen LogP contribution in [0.4, 0.5) is 5.69 Å². The SMILES string of the molecule is CN(Cc1ccccc1[N+](=O)[O-])C(=O)[C@@H]1CCC[C@@H]1CN.Cl. The van der Waals surface area contributed by atoms with Crippen molar-refractivity contribution in [3.05, 3.63) is 39.9 Å². The van der Waals surface area contributed by atoms with Crippen molar-refractivity contribution in [3.63, 3.8) is 0 Å². The van der Waals surface area contributed by atoms with Gasteiger partial charge in [0.25, 0.3) is 5.69 Å². The summed E-state index contributed by atoms with van der Waals surface area (Å²) >= 11 is 0. The van der Waals surface area contributed by atoms with Gasteiger partial charge in [0.05, 0.1) is 11.5 Å². The van der Waals surface area contributed by atoms with Crippen LogP contribution in [-0.2, 0) is 11.3 Å². The van der Waals surface area contributed by atoms with Gasteiger partial charge in [-0.15, -0.1) is 12.4 Å². The fourth-order valence-electron chi connectivity index (χ4n) is 3.08. The van der Waals surface area contributed by atoms with Crippen molar-refractivity contribution in [3.8, 4) is 0 Å². The van der Waals surface area contributed by atoms with Crippen LogP contribution >= 0.6 is 12.4 Å². The Morgan fingerprint density at radius 1 is 1.41 bits per heavy atom. The number of amides is 1. The molecule has 6 nitrogen and oxygen atoms in total. The van der Waals surface area contributed by atoms with E-state index < -0.39 is 4.92 Å². The fraction of sp³-hybridized carbons (Fsp3) is 0.533. The highest BCUT2D eigenvalue weighted by Crippen LogP contribution is 2.32. The molecule has 2 atom stereocenters. The van der Waals surface area contributed by atoms with Gasteiger partial charge in [0, 0.05) is 24.6 Å². The summed E-state index contributed by atoms with van der Waals surface area (Å²) in [4.78, 5) is 24.7. The van der Waals surface area contributed by atoms with Crippen LogP contribution in [0.5, 0.6) is 0 Å². The highest BCUT2D eigenvalue weighted by atomic mass is 35.5. The highest BCUT2D eigenvalue weighted by molar-refractivity contribution is 5.85. The lowest BCUT2D eigenvalue weighted by atomic mass is 9.94. The molecule has 0 aliphatic heterocycles. The molecular weight excluding hydrogens is 306 g/mol. The zero-order chi connectivity index (χ0) is 15.4. The van der Waals surface area contributed by atoms with Crippen LogP contribution in [0.15, 0.2) is 24.3 Å². The van der Waals surface area contributed by atoms with E-state index in [0.717, 1.165) is 19.3 Å². The van der Waals surface area contributed by atoms with E-state index in [9.17, 15) is 14.9 Å². The first kappa shape index (κ1) is 18.4. The molecule has 1 aromatic carbocycles. The Bertz CT molecular complexity index is 539. The van der Waals surface area contributed by atoms with Gasteiger partial charge in [-0.3, -0.25) is 14.9 Å². The average molecular weight is 328 g/mol. The van der Waals surface area contributed by atoms with Gasteiger partial charge in [0.2, 0.25) is 5.91 Å². The fourth-order valence-corrected chi connectivity index (χ4v) is 3.08. The predicted molar refractivity (Wildman–Crippen MR) is 86.7 cm³/mol. The maximum atomic E-state index is 12.5. The lowest BCUT2D eigenvalue weighted by Gasteiger charge is -2.24. The number of carbonyl (C=O) groups excluding carboxylic acids is 1. The van der Waals surface area contributed by atoms with Gasteiger partial charge in [-0.25, -0.2) is 0 Å². The Kier molecular flexibility index (Phi) is 6.77. The minimum absolute atomic E-state index is 0. The van der Waals surface area contributed by atoms with Gasteiger partial charge in [0.1, 0.15) is 0 Å². The molecule has 0 unspecified atom stereocenters. The van der Waals surface area contributed by atoms with Crippen LogP contribution in [0.1, 0.15) is 24.8 Å². The van der Waals surface area contributed by atoms with Crippen molar-refractivity contribution in [2.75, 3.05) is 13.6 Å². The van der Waals surface area contributed by atoms with Gasteiger partial charge in [0.15, 0.2) is 0 Å². The summed E-state index contributed by atoms with van der Waals surface area (Å²) in [5.74, 6) is 0.245. The van der Waals surface area contributed by atoms with Gasteiger partial charge >= 0.3 is 0 Å². The number of nitro groups is 1. The molecule has 1 saturated carbocycles. The lowest BCUT2D eigenvalue weighted by molar-refractivity contribution is -0.385. The molecule has 0 spiro atoms. The minimum atomic E-state index is -0.411. The molecule has 22 heavy (non-hydrogen) atoms. The molecule has 0 bridgehead atoms.